The van der Waals surface area contributed by atoms with Gasteiger partial charge in [0.1, 0.15) is 0 Å². The largest absolute Gasteiger partial charge is 0.385 e. The van der Waals surface area contributed by atoms with E-state index in [1.807, 2.05) is 0 Å². The van der Waals surface area contributed by atoms with E-state index >= 15 is 0 Å². The molecule has 0 N–H and O–H groups in total. The molecule has 0 amide bonds. The van der Waals surface area contributed by atoms with Gasteiger partial charge in [0.15, 0.2) is 6.67 Å². The molecule has 0 aromatic heterocycles. The van der Waals surface area contributed by atoms with Gasteiger partial charge in [-0.25, -0.2) is 4.39 Å². The van der Waals surface area contributed by atoms with Crippen molar-refractivity contribution in [2.75, 3.05) is 6.67 Å². The van der Waals surface area contributed by atoms with Crippen LogP contribution in [-0.2, 0) is 0 Å². The smallest absolute Gasteiger partial charge is 0.244 e. The molecule has 0 aromatic carbocycles. The van der Waals surface area contributed by atoms with Gasteiger partial charge in [-0.15, -0.1) is 0 Å². The summed E-state index contributed by atoms with van der Waals surface area (Å²) in [6.07, 6.45) is -4.49. The average molecular weight is 283 g/mol. The highest BCUT2D eigenvalue weighted by atomic mass is 19.4. The van der Waals surface area contributed by atoms with Gasteiger partial charge in [0, 0.05) is 0 Å². The summed E-state index contributed by atoms with van der Waals surface area (Å²) in [6.45, 7) is -3.42. The minimum Gasteiger partial charge on any atom is -0.244 e. The quantitative estimate of drug-likeness (QED) is 0.671. The zero-order valence-corrected chi connectivity index (χ0v) is 7.36. The second-order valence-electron chi connectivity index (χ2n) is 2.82. The first-order valence-corrected chi connectivity index (χ1v) is 3.51. The van der Waals surface area contributed by atoms with Crippen LogP contribution in [0.25, 0.3) is 0 Å². The highest BCUT2D eigenvalue weighted by Gasteiger charge is 2.83. The van der Waals surface area contributed by atoms with E-state index in [-0.39, 0.29) is 0 Å². The topological polar surface area (TPSA) is 0 Å². The lowest BCUT2D eigenvalue weighted by molar-refractivity contribution is -0.371. The standard InChI is InChI=1S/C6H2F11/c7-1-3(10,11)5(14,15)6(16,17)4(12,13)2(8)9/h1H2. The number of hydrogen-bond donors (Lipinski definition) is 0. The normalized spacial score (nSPS) is 15.5. The van der Waals surface area contributed by atoms with Gasteiger partial charge in [0.2, 0.25) is 0 Å². The zero-order valence-electron chi connectivity index (χ0n) is 7.36. The summed E-state index contributed by atoms with van der Waals surface area (Å²) in [4.78, 5) is 0. The van der Waals surface area contributed by atoms with Crippen molar-refractivity contribution < 1.29 is 48.3 Å². The van der Waals surface area contributed by atoms with Gasteiger partial charge in [-0.05, 0) is 0 Å². The van der Waals surface area contributed by atoms with Gasteiger partial charge in [-0.3, -0.25) is 0 Å². The summed E-state index contributed by atoms with van der Waals surface area (Å²) >= 11 is 0. The lowest BCUT2D eigenvalue weighted by Gasteiger charge is -2.34. The molecule has 17 heavy (non-hydrogen) atoms. The Morgan fingerprint density at radius 2 is 1.06 bits per heavy atom. The fourth-order valence-corrected chi connectivity index (χ4v) is 0.629. The van der Waals surface area contributed by atoms with E-state index < -0.39 is 36.8 Å². The van der Waals surface area contributed by atoms with E-state index in [0.29, 0.717) is 0 Å². The van der Waals surface area contributed by atoms with Gasteiger partial charge in [0.05, 0.1) is 0 Å². The summed E-state index contributed by atoms with van der Waals surface area (Å²) < 4.78 is 131. The molecule has 0 aliphatic carbocycles. The first-order chi connectivity index (χ1) is 7.25. The van der Waals surface area contributed by atoms with Gasteiger partial charge >= 0.3 is 30.1 Å². The Morgan fingerprint density at radius 3 is 1.29 bits per heavy atom. The third-order valence-corrected chi connectivity index (χ3v) is 1.65. The second kappa shape index (κ2) is 4.16. The van der Waals surface area contributed by atoms with E-state index in [1.54, 1.807) is 0 Å². The molecule has 0 saturated carbocycles. The predicted octanol–water partition coefficient (Wildman–Crippen LogP) is 3.93. The van der Waals surface area contributed by atoms with Crippen LogP contribution in [0.5, 0.6) is 0 Å². The zero-order chi connectivity index (χ0) is 14.3. The first kappa shape index (κ1) is 16.2. The molecule has 0 unspecified atom stereocenters. The van der Waals surface area contributed by atoms with Crippen molar-refractivity contribution in [2.24, 2.45) is 0 Å². The highest BCUT2D eigenvalue weighted by Crippen LogP contribution is 2.55. The molecular weight excluding hydrogens is 281 g/mol. The van der Waals surface area contributed by atoms with Crippen LogP contribution in [0.4, 0.5) is 48.3 Å². The molecule has 0 fully saturated rings. The van der Waals surface area contributed by atoms with Crippen molar-refractivity contribution in [3.05, 3.63) is 6.43 Å². The molecule has 0 aliphatic rings. The molecule has 0 aliphatic heterocycles. The van der Waals surface area contributed by atoms with Crippen LogP contribution in [0.2, 0.25) is 0 Å². The van der Waals surface area contributed by atoms with Crippen LogP contribution in [0.15, 0.2) is 0 Å². The molecule has 103 valence electrons. The Labute approximate surface area is 86.4 Å². The fraction of sp³-hybridized carbons (Fsp3) is 0.833. The van der Waals surface area contributed by atoms with Crippen LogP contribution < -0.4 is 0 Å². The third kappa shape index (κ3) is 2.15. The third-order valence-electron chi connectivity index (χ3n) is 1.65. The average Bonchev–Trinajstić information content (AvgIpc) is 2.16. The van der Waals surface area contributed by atoms with Crippen LogP contribution in [0.1, 0.15) is 0 Å². The SMILES string of the molecule is FCC(F)(F)C(F)(F)C(F)(F)C(F)(F)[C](F)F. The summed E-state index contributed by atoms with van der Waals surface area (Å²) in [5.41, 5.74) is 0. The highest BCUT2D eigenvalue weighted by molar-refractivity contribution is 5.08. The minimum atomic E-state index is -7.14. The van der Waals surface area contributed by atoms with Crippen molar-refractivity contribution in [3.63, 3.8) is 0 Å². The van der Waals surface area contributed by atoms with E-state index in [4.69, 9.17) is 0 Å². The van der Waals surface area contributed by atoms with Crippen LogP contribution in [0.3, 0.4) is 0 Å². The maximum atomic E-state index is 12.3. The molecular formula is C6H2F11. The van der Waals surface area contributed by atoms with Gasteiger partial charge in [0.25, 0.3) is 0 Å². The van der Waals surface area contributed by atoms with Gasteiger partial charge < -0.3 is 0 Å². The van der Waals surface area contributed by atoms with E-state index in [0.717, 1.165) is 0 Å². The molecule has 1 radical (unpaired) electrons. The number of rotatable bonds is 5. The van der Waals surface area contributed by atoms with Crippen molar-refractivity contribution in [2.45, 2.75) is 23.7 Å². The monoisotopic (exact) mass is 283 g/mol. The van der Waals surface area contributed by atoms with Crippen molar-refractivity contribution in [3.8, 4) is 0 Å². The van der Waals surface area contributed by atoms with Crippen LogP contribution in [0, 0.1) is 6.43 Å². The number of hydrogen-bond acceptors (Lipinski definition) is 0. The summed E-state index contributed by atoms with van der Waals surface area (Å²) in [7, 11) is 0. The molecule has 0 saturated heterocycles. The Hall–Kier alpha value is -0.770. The fourth-order valence-electron chi connectivity index (χ4n) is 0.629. The Balaban J connectivity index is 5.61. The summed E-state index contributed by atoms with van der Waals surface area (Å²) in [6, 6.07) is 0. The van der Waals surface area contributed by atoms with Crippen LogP contribution >= 0.6 is 0 Å². The Kier molecular flexibility index (Phi) is 3.97. The molecule has 11 heteroatoms. The Bertz CT molecular complexity index is 267. The summed E-state index contributed by atoms with van der Waals surface area (Å²) in [5.74, 6) is -27.2. The molecule has 0 bridgehead atoms. The molecule has 0 heterocycles. The first-order valence-electron chi connectivity index (χ1n) is 3.51. The van der Waals surface area contributed by atoms with E-state index in [9.17, 15) is 48.3 Å². The predicted molar refractivity (Wildman–Crippen MR) is 31.2 cm³/mol. The van der Waals surface area contributed by atoms with Crippen molar-refractivity contribution in [1.82, 2.24) is 0 Å². The van der Waals surface area contributed by atoms with Gasteiger partial charge in [-0.1, -0.05) is 0 Å². The van der Waals surface area contributed by atoms with E-state index in [1.165, 1.54) is 0 Å². The maximum Gasteiger partial charge on any atom is 0.385 e. The molecule has 0 nitrogen and oxygen atoms in total. The van der Waals surface area contributed by atoms with Crippen LogP contribution in [-0.4, -0.2) is 30.4 Å². The second-order valence-corrected chi connectivity index (χ2v) is 2.82. The van der Waals surface area contributed by atoms with Crippen molar-refractivity contribution >= 4 is 0 Å². The maximum absolute atomic E-state index is 12.3. The summed E-state index contributed by atoms with van der Waals surface area (Å²) in [5, 5.41) is 0. The van der Waals surface area contributed by atoms with E-state index in [2.05, 4.69) is 0 Å². The molecule has 0 aromatic rings. The Morgan fingerprint density at radius 1 is 0.706 bits per heavy atom. The molecule has 0 rings (SSSR count). The van der Waals surface area contributed by atoms with Crippen molar-refractivity contribution in [1.29, 1.82) is 0 Å². The molecule has 0 atom stereocenters. The number of alkyl halides is 9. The molecule has 0 spiro atoms. The number of halogens is 11. The van der Waals surface area contributed by atoms with Gasteiger partial charge in [-0.2, -0.15) is 43.9 Å². The lowest BCUT2D eigenvalue weighted by Crippen LogP contribution is -2.63. The minimum absolute atomic E-state index is 3.42. The lowest BCUT2D eigenvalue weighted by atomic mass is 9.99.